The van der Waals surface area contributed by atoms with Crippen LogP contribution in [0.3, 0.4) is 0 Å². The Morgan fingerprint density at radius 1 is 0.941 bits per heavy atom. The van der Waals surface area contributed by atoms with Crippen LogP contribution in [0.25, 0.3) is 0 Å². The first-order valence-corrected chi connectivity index (χ1v) is 10.7. The van der Waals surface area contributed by atoms with Gasteiger partial charge in [0.2, 0.25) is 0 Å². The maximum atomic E-state index is 13.0. The Morgan fingerprint density at radius 2 is 1.62 bits per heavy atom. The van der Waals surface area contributed by atoms with Crippen molar-refractivity contribution in [2.45, 2.75) is 13.5 Å². The Hall–Kier alpha value is -3.62. The van der Waals surface area contributed by atoms with Gasteiger partial charge in [-0.05, 0) is 61.0 Å². The van der Waals surface area contributed by atoms with Crippen LogP contribution in [0.4, 0.5) is 10.1 Å². The summed E-state index contributed by atoms with van der Waals surface area (Å²) in [6.07, 6.45) is 0. The van der Waals surface area contributed by atoms with E-state index in [4.69, 9.17) is 32.7 Å². The van der Waals surface area contributed by atoms with E-state index in [-0.39, 0.29) is 18.1 Å². The van der Waals surface area contributed by atoms with Crippen molar-refractivity contribution in [3.8, 4) is 11.5 Å². The second-order valence-corrected chi connectivity index (χ2v) is 7.90. The van der Waals surface area contributed by atoms with E-state index in [0.29, 0.717) is 32.8 Å². The molecule has 3 aromatic rings. The molecule has 0 aromatic heterocycles. The van der Waals surface area contributed by atoms with E-state index in [1.807, 2.05) is 0 Å². The Bertz CT molecular complexity index is 1210. The highest BCUT2D eigenvalue weighted by molar-refractivity contribution is 6.40. The minimum atomic E-state index is -0.971. The van der Waals surface area contributed by atoms with Gasteiger partial charge in [0.05, 0.1) is 12.8 Å². The van der Waals surface area contributed by atoms with Crippen LogP contribution in [0, 0.1) is 5.82 Å². The number of ether oxygens (including phenoxy) is 2. The second-order valence-electron chi connectivity index (χ2n) is 7.03. The van der Waals surface area contributed by atoms with Crippen molar-refractivity contribution in [1.29, 1.82) is 0 Å². The van der Waals surface area contributed by atoms with E-state index in [2.05, 4.69) is 15.8 Å². The lowest BCUT2D eigenvalue weighted by atomic mass is 10.1. The quantitative estimate of drug-likeness (QED) is 0.263. The number of rotatable bonds is 7. The molecule has 3 aromatic carbocycles. The molecule has 176 valence electrons. The van der Waals surface area contributed by atoms with Gasteiger partial charge in [-0.1, -0.05) is 35.3 Å². The zero-order chi connectivity index (χ0) is 24.7. The molecule has 0 heterocycles. The van der Waals surface area contributed by atoms with Crippen molar-refractivity contribution in [2.75, 3.05) is 12.4 Å². The van der Waals surface area contributed by atoms with Crippen LogP contribution in [-0.4, -0.2) is 24.6 Å². The molecule has 0 aliphatic heterocycles. The number of carbonyl (C=O) groups is 2. The first kappa shape index (κ1) is 25.0. The van der Waals surface area contributed by atoms with Crippen LogP contribution in [0.15, 0.2) is 65.8 Å². The lowest BCUT2D eigenvalue weighted by molar-refractivity contribution is -0.136. The molecule has 0 unspecified atom stereocenters. The fraction of sp³-hybridized carbons (Fsp3) is 0.125. The standard InChI is InChI=1S/C24H20Cl2FN3O4/c1-14(29-30-24(32)23(31)28-20-11-17(25)10-18(26)12-20)16-5-8-21(22(9-16)33-2)34-13-15-3-6-19(27)7-4-15/h3-12H,13H2,1-2H3,(H,28,31)(H,30,32)/b29-14+. The normalized spacial score (nSPS) is 11.0. The summed E-state index contributed by atoms with van der Waals surface area (Å²) in [5, 5.41) is 7.00. The van der Waals surface area contributed by atoms with Crippen molar-refractivity contribution in [1.82, 2.24) is 5.43 Å². The average molecular weight is 504 g/mol. The first-order chi connectivity index (χ1) is 16.2. The third kappa shape index (κ3) is 6.94. The van der Waals surface area contributed by atoms with Crippen molar-refractivity contribution in [2.24, 2.45) is 5.10 Å². The van der Waals surface area contributed by atoms with E-state index >= 15 is 0 Å². The highest BCUT2D eigenvalue weighted by atomic mass is 35.5. The van der Waals surface area contributed by atoms with Crippen LogP contribution < -0.4 is 20.2 Å². The van der Waals surface area contributed by atoms with Gasteiger partial charge >= 0.3 is 11.8 Å². The van der Waals surface area contributed by atoms with Gasteiger partial charge in [0.15, 0.2) is 11.5 Å². The summed E-state index contributed by atoms with van der Waals surface area (Å²) in [7, 11) is 1.49. The number of anilines is 1. The lowest BCUT2D eigenvalue weighted by Gasteiger charge is -2.12. The van der Waals surface area contributed by atoms with Crippen LogP contribution >= 0.6 is 23.2 Å². The van der Waals surface area contributed by atoms with E-state index in [1.165, 1.54) is 37.4 Å². The van der Waals surface area contributed by atoms with Crippen molar-refractivity contribution in [3.63, 3.8) is 0 Å². The van der Waals surface area contributed by atoms with Gasteiger partial charge in [-0.3, -0.25) is 9.59 Å². The summed E-state index contributed by atoms with van der Waals surface area (Å²) in [5.74, 6) is -1.31. The summed E-state index contributed by atoms with van der Waals surface area (Å²) < 4.78 is 24.2. The molecule has 0 radical (unpaired) electrons. The lowest BCUT2D eigenvalue weighted by Crippen LogP contribution is -2.32. The maximum Gasteiger partial charge on any atom is 0.329 e. The maximum absolute atomic E-state index is 13.0. The molecule has 0 saturated heterocycles. The number of hydrogen-bond donors (Lipinski definition) is 2. The van der Waals surface area contributed by atoms with Gasteiger partial charge in [-0.2, -0.15) is 5.10 Å². The Morgan fingerprint density at radius 3 is 2.26 bits per heavy atom. The number of benzene rings is 3. The Kier molecular flexibility index (Phi) is 8.45. The number of amides is 2. The van der Waals surface area contributed by atoms with Crippen LogP contribution in [0.1, 0.15) is 18.1 Å². The molecule has 10 heteroatoms. The average Bonchev–Trinajstić information content (AvgIpc) is 2.81. The predicted molar refractivity (Wildman–Crippen MR) is 129 cm³/mol. The SMILES string of the molecule is COc1cc(/C(C)=N/NC(=O)C(=O)Nc2cc(Cl)cc(Cl)c2)ccc1OCc1ccc(F)cc1. The van der Waals surface area contributed by atoms with Crippen LogP contribution in [-0.2, 0) is 16.2 Å². The van der Waals surface area contributed by atoms with Crippen LogP contribution in [0.2, 0.25) is 10.0 Å². The monoisotopic (exact) mass is 503 g/mol. The fourth-order valence-electron chi connectivity index (χ4n) is 2.82. The van der Waals surface area contributed by atoms with E-state index in [0.717, 1.165) is 5.56 Å². The van der Waals surface area contributed by atoms with Crippen molar-refractivity contribution < 1.29 is 23.5 Å². The van der Waals surface area contributed by atoms with E-state index < -0.39 is 11.8 Å². The minimum Gasteiger partial charge on any atom is -0.493 e. The molecule has 3 rings (SSSR count). The molecule has 7 nitrogen and oxygen atoms in total. The Labute approximate surface area is 205 Å². The van der Waals surface area contributed by atoms with E-state index in [9.17, 15) is 14.0 Å². The largest absolute Gasteiger partial charge is 0.493 e. The predicted octanol–water partition coefficient (Wildman–Crippen LogP) is 5.20. The van der Waals surface area contributed by atoms with Gasteiger partial charge in [-0.15, -0.1) is 0 Å². The summed E-state index contributed by atoms with van der Waals surface area (Å²) in [6, 6.07) is 15.5. The molecular formula is C24H20Cl2FN3O4. The molecule has 0 saturated carbocycles. The Balaban J connectivity index is 1.62. The molecule has 2 amide bonds. The van der Waals surface area contributed by atoms with Crippen molar-refractivity contribution in [3.05, 3.63) is 87.7 Å². The van der Waals surface area contributed by atoms with Gasteiger partial charge in [0, 0.05) is 21.3 Å². The van der Waals surface area contributed by atoms with Gasteiger partial charge in [0.25, 0.3) is 0 Å². The number of nitrogens with one attached hydrogen (secondary N) is 2. The third-order valence-corrected chi connectivity index (χ3v) is 4.98. The van der Waals surface area contributed by atoms with E-state index in [1.54, 1.807) is 37.3 Å². The molecule has 0 atom stereocenters. The fourth-order valence-corrected chi connectivity index (χ4v) is 3.34. The smallest absolute Gasteiger partial charge is 0.329 e. The molecule has 0 spiro atoms. The molecule has 2 N–H and O–H groups in total. The summed E-state index contributed by atoms with van der Waals surface area (Å²) >= 11 is 11.8. The molecule has 0 fully saturated rings. The highest BCUT2D eigenvalue weighted by Crippen LogP contribution is 2.29. The summed E-state index contributed by atoms with van der Waals surface area (Å²) in [4.78, 5) is 24.2. The molecule has 0 aliphatic carbocycles. The molecule has 0 aliphatic rings. The summed E-state index contributed by atoms with van der Waals surface area (Å²) in [6.45, 7) is 1.88. The molecule has 0 bridgehead atoms. The number of methoxy groups -OCH3 is 1. The molecule has 34 heavy (non-hydrogen) atoms. The van der Waals surface area contributed by atoms with Crippen LogP contribution in [0.5, 0.6) is 11.5 Å². The molecular weight excluding hydrogens is 484 g/mol. The van der Waals surface area contributed by atoms with Gasteiger partial charge < -0.3 is 14.8 Å². The zero-order valence-electron chi connectivity index (χ0n) is 18.2. The number of halogens is 3. The minimum absolute atomic E-state index is 0.228. The summed E-state index contributed by atoms with van der Waals surface area (Å²) in [5.41, 5.74) is 4.34. The number of carbonyl (C=O) groups excluding carboxylic acids is 2. The van der Waals surface area contributed by atoms with Gasteiger partial charge in [-0.25, -0.2) is 9.82 Å². The number of hydrogen-bond acceptors (Lipinski definition) is 5. The number of hydrazone groups is 1. The second kappa shape index (κ2) is 11.5. The highest BCUT2D eigenvalue weighted by Gasteiger charge is 2.15. The topological polar surface area (TPSA) is 89.0 Å². The first-order valence-electron chi connectivity index (χ1n) is 9.92. The van der Waals surface area contributed by atoms with Crippen molar-refractivity contribution >= 4 is 46.4 Å². The number of nitrogens with zero attached hydrogens (tertiary/aromatic N) is 1. The van der Waals surface area contributed by atoms with Gasteiger partial charge in [0.1, 0.15) is 12.4 Å². The third-order valence-electron chi connectivity index (χ3n) is 4.54. The zero-order valence-corrected chi connectivity index (χ0v) is 19.7.